The maximum absolute atomic E-state index is 10.9. The van der Waals surface area contributed by atoms with E-state index < -0.39 is 5.97 Å². The molecular weight excluding hydrogens is 152 g/mol. The SMILES string of the molecule is C/C=C(\CC)C(C(=O)O)C(C)C. The van der Waals surface area contributed by atoms with Gasteiger partial charge in [0, 0.05) is 0 Å². The zero-order valence-electron chi connectivity index (χ0n) is 8.29. The van der Waals surface area contributed by atoms with Gasteiger partial charge in [-0.25, -0.2) is 0 Å². The van der Waals surface area contributed by atoms with Crippen LogP contribution in [0.25, 0.3) is 0 Å². The molecule has 0 aromatic rings. The minimum Gasteiger partial charge on any atom is -0.481 e. The normalized spacial score (nSPS) is 14.9. The second-order valence-electron chi connectivity index (χ2n) is 3.28. The van der Waals surface area contributed by atoms with E-state index in [1.807, 2.05) is 33.8 Å². The molecule has 0 bridgehead atoms. The van der Waals surface area contributed by atoms with E-state index >= 15 is 0 Å². The van der Waals surface area contributed by atoms with Gasteiger partial charge in [-0.15, -0.1) is 0 Å². The molecule has 0 saturated heterocycles. The van der Waals surface area contributed by atoms with Crippen LogP contribution in [0.5, 0.6) is 0 Å². The van der Waals surface area contributed by atoms with Gasteiger partial charge in [0.05, 0.1) is 5.92 Å². The first kappa shape index (κ1) is 11.2. The summed E-state index contributed by atoms with van der Waals surface area (Å²) in [6.07, 6.45) is 2.74. The molecule has 2 nitrogen and oxygen atoms in total. The molecule has 0 saturated carbocycles. The lowest BCUT2D eigenvalue weighted by atomic mass is 9.87. The summed E-state index contributed by atoms with van der Waals surface area (Å²) < 4.78 is 0. The Labute approximate surface area is 74.3 Å². The van der Waals surface area contributed by atoms with E-state index in [0.717, 1.165) is 12.0 Å². The number of aliphatic carboxylic acids is 1. The molecule has 70 valence electrons. The standard InChI is InChI=1S/C10H18O2/c1-5-8(6-2)9(7(3)4)10(11)12/h5,7,9H,6H2,1-4H3,(H,11,12)/b8-5+. The van der Waals surface area contributed by atoms with Crippen LogP contribution in [0.2, 0.25) is 0 Å². The monoisotopic (exact) mass is 170 g/mol. The Hall–Kier alpha value is -0.790. The molecule has 0 aromatic carbocycles. The van der Waals surface area contributed by atoms with Crippen molar-refractivity contribution in [2.24, 2.45) is 11.8 Å². The topological polar surface area (TPSA) is 37.3 Å². The number of allylic oxidation sites excluding steroid dienone is 1. The summed E-state index contributed by atoms with van der Waals surface area (Å²) in [5.74, 6) is -0.839. The minimum absolute atomic E-state index is 0.175. The smallest absolute Gasteiger partial charge is 0.310 e. The third-order valence-corrected chi connectivity index (χ3v) is 2.11. The molecule has 0 spiro atoms. The van der Waals surface area contributed by atoms with Crippen LogP contribution in [0.1, 0.15) is 34.1 Å². The van der Waals surface area contributed by atoms with E-state index in [2.05, 4.69) is 0 Å². The zero-order valence-corrected chi connectivity index (χ0v) is 8.29. The lowest BCUT2D eigenvalue weighted by Gasteiger charge is -2.18. The number of hydrogen-bond acceptors (Lipinski definition) is 1. The molecule has 0 amide bonds. The Morgan fingerprint density at radius 3 is 2.08 bits per heavy atom. The highest BCUT2D eigenvalue weighted by molar-refractivity contribution is 5.73. The van der Waals surface area contributed by atoms with Crippen LogP contribution in [-0.2, 0) is 4.79 Å². The number of carboxylic acid groups (broad SMARTS) is 1. The van der Waals surface area contributed by atoms with Crippen molar-refractivity contribution < 1.29 is 9.90 Å². The van der Waals surface area contributed by atoms with Gasteiger partial charge < -0.3 is 5.11 Å². The number of carboxylic acids is 1. The first-order valence-electron chi connectivity index (χ1n) is 4.42. The number of rotatable bonds is 4. The molecule has 0 aromatic heterocycles. The van der Waals surface area contributed by atoms with E-state index in [0.29, 0.717) is 0 Å². The van der Waals surface area contributed by atoms with E-state index in [4.69, 9.17) is 5.11 Å². The molecule has 0 aliphatic heterocycles. The van der Waals surface area contributed by atoms with Crippen molar-refractivity contribution in [2.75, 3.05) is 0 Å². The fraction of sp³-hybridized carbons (Fsp3) is 0.700. The van der Waals surface area contributed by atoms with E-state index in [1.54, 1.807) is 0 Å². The highest BCUT2D eigenvalue weighted by Crippen LogP contribution is 2.22. The maximum Gasteiger partial charge on any atom is 0.310 e. The van der Waals surface area contributed by atoms with E-state index in [9.17, 15) is 4.79 Å². The highest BCUT2D eigenvalue weighted by Gasteiger charge is 2.23. The van der Waals surface area contributed by atoms with Gasteiger partial charge in [0.15, 0.2) is 0 Å². The van der Waals surface area contributed by atoms with Crippen molar-refractivity contribution in [2.45, 2.75) is 34.1 Å². The van der Waals surface area contributed by atoms with Crippen molar-refractivity contribution in [1.82, 2.24) is 0 Å². The van der Waals surface area contributed by atoms with Gasteiger partial charge in [-0.05, 0) is 19.3 Å². The average molecular weight is 170 g/mol. The van der Waals surface area contributed by atoms with Gasteiger partial charge in [0.1, 0.15) is 0 Å². The van der Waals surface area contributed by atoms with Crippen LogP contribution in [0, 0.1) is 11.8 Å². The Balaban J connectivity index is 4.61. The summed E-state index contributed by atoms with van der Waals surface area (Å²) in [5, 5.41) is 8.94. The third kappa shape index (κ3) is 2.68. The summed E-state index contributed by atoms with van der Waals surface area (Å²) in [6, 6.07) is 0. The van der Waals surface area contributed by atoms with Crippen LogP contribution in [0.15, 0.2) is 11.6 Å². The molecule has 0 fully saturated rings. The summed E-state index contributed by atoms with van der Waals surface area (Å²) >= 11 is 0. The molecule has 1 unspecified atom stereocenters. The van der Waals surface area contributed by atoms with Gasteiger partial charge in [-0.2, -0.15) is 0 Å². The predicted molar refractivity (Wildman–Crippen MR) is 50.0 cm³/mol. The quantitative estimate of drug-likeness (QED) is 0.659. The van der Waals surface area contributed by atoms with Crippen LogP contribution in [0.3, 0.4) is 0 Å². The zero-order chi connectivity index (χ0) is 9.72. The molecule has 2 heteroatoms. The van der Waals surface area contributed by atoms with Gasteiger partial charge in [0.25, 0.3) is 0 Å². The van der Waals surface area contributed by atoms with Crippen molar-refractivity contribution in [3.8, 4) is 0 Å². The molecular formula is C10H18O2. The Morgan fingerprint density at radius 2 is 2.00 bits per heavy atom. The lowest BCUT2D eigenvalue weighted by Crippen LogP contribution is -2.21. The molecule has 1 atom stereocenters. The largest absolute Gasteiger partial charge is 0.481 e. The van der Waals surface area contributed by atoms with Gasteiger partial charge in [-0.1, -0.05) is 32.4 Å². The van der Waals surface area contributed by atoms with Gasteiger partial charge >= 0.3 is 5.97 Å². The fourth-order valence-electron chi connectivity index (χ4n) is 1.48. The highest BCUT2D eigenvalue weighted by atomic mass is 16.4. The van der Waals surface area contributed by atoms with E-state index in [1.165, 1.54) is 0 Å². The van der Waals surface area contributed by atoms with Crippen LogP contribution < -0.4 is 0 Å². The summed E-state index contributed by atoms with van der Waals surface area (Å²) in [6.45, 7) is 7.78. The third-order valence-electron chi connectivity index (χ3n) is 2.11. The molecule has 0 rings (SSSR count). The van der Waals surface area contributed by atoms with Crippen molar-refractivity contribution in [3.05, 3.63) is 11.6 Å². The second kappa shape index (κ2) is 4.96. The molecule has 1 N–H and O–H groups in total. The van der Waals surface area contributed by atoms with Crippen LogP contribution >= 0.6 is 0 Å². The minimum atomic E-state index is -0.708. The summed E-state index contributed by atoms with van der Waals surface area (Å²) in [7, 11) is 0. The molecule has 0 radical (unpaired) electrons. The Morgan fingerprint density at radius 1 is 1.50 bits per heavy atom. The Kier molecular flexibility index (Phi) is 4.64. The van der Waals surface area contributed by atoms with Gasteiger partial charge in [0.2, 0.25) is 0 Å². The fourth-order valence-corrected chi connectivity index (χ4v) is 1.48. The van der Waals surface area contributed by atoms with Gasteiger partial charge in [-0.3, -0.25) is 4.79 Å². The molecule has 0 aliphatic carbocycles. The van der Waals surface area contributed by atoms with Crippen molar-refractivity contribution in [1.29, 1.82) is 0 Å². The predicted octanol–water partition coefficient (Wildman–Crippen LogP) is 2.70. The first-order valence-corrected chi connectivity index (χ1v) is 4.42. The van der Waals surface area contributed by atoms with Crippen LogP contribution in [0.4, 0.5) is 0 Å². The summed E-state index contributed by atoms with van der Waals surface area (Å²) in [5.41, 5.74) is 1.03. The second-order valence-corrected chi connectivity index (χ2v) is 3.28. The first-order chi connectivity index (χ1) is 5.54. The maximum atomic E-state index is 10.9. The molecule has 0 aliphatic rings. The Bertz CT molecular complexity index is 180. The molecule has 12 heavy (non-hydrogen) atoms. The van der Waals surface area contributed by atoms with E-state index in [-0.39, 0.29) is 11.8 Å². The number of hydrogen-bond donors (Lipinski definition) is 1. The van der Waals surface area contributed by atoms with Crippen molar-refractivity contribution >= 4 is 5.97 Å². The van der Waals surface area contributed by atoms with Crippen LogP contribution in [-0.4, -0.2) is 11.1 Å². The summed E-state index contributed by atoms with van der Waals surface area (Å²) in [4.78, 5) is 10.9. The number of carbonyl (C=O) groups is 1. The van der Waals surface area contributed by atoms with Crippen molar-refractivity contribution in [3.63, 3.8) is 0 Å². The lowest BCUT2D eigenvalue weighted by molar-refractivity contribution is -0.141. The average Bonchev–Trinajstić information content (AvgIpc) is 1.98. The molecule has 0 heterocycles.